The second-order valence-corrected chi connectivity index (χ2v) is 5.31. The first-order valence-corrected chi connectivity index (χ1v) is 7.04. The van der Waals surface area contributed by atoms with E-state index in [0.717, 1.165) is 15.7 Å². The van der Waals surface area contributed by atoms with Gasteiger partial charge in [0.25, 0.3) is 0 Å². The van der Waals surface area contributed by atoms with Crippen LogP contribution < -0.4 is 5.32 Å². The van der Waals surface area contributed by atoms with E-state index in [1.54, 1.807) is 23.0 Å². The van der Waals surface area contributed by atoms with Gasteiger partial charge in [0.2, 0.25) is 5.91 Å². The Balaban J connectivity index is 1.78. The minimum Gasteiger partial charge on any atom is -0.352 e. The maximum absolute atomic E-state index is 12.7. The van der Waals surface area contributed by atoms with Gasteiger partial charge in [-0.3, -0.25) is 9.48 Å². The number of aromatic nitrogens is 2. The second-order valence-electron chi connectivity index (χ2n) is 4.45. The van der Waals surface area contributed by atoms with Gasteiger partial charge in [-0.2, -0.15) is 5.10 Å². The molecule has 0 unspecified atom stereocenters. The average molecular weight is 340 g/mol. The lowest BCUT2D eigenvalue weighted by molar-refractivity contribution is -0.121. The highest BCUT2D eigenvalue weighted by Gasteiger charge is 2.06. The average Bonchev–Trinajstić information content (AvgIpc) is 2.76. The van der Waals surface area contributed by atoms with Crippen LogP contribution in [0.15, 0.2) is 34.9 Å². The summed E-state index contributed by atoms with van der Waals surface area (Å²) in [5.74, 6) is -0.333. The molecule has 2 aromatic rings. The maximum Gasteiger partial charge on any atom is 0.222 e. The Morgan fingerprint density at radius 1 is 1.40 bits per heavy atom. The SMILES string of the molecule is Cc1c(Br)cnn1CCC(=O)NCc1ccc(F)cc1. The highest BCUT2D eigenvalue weighted by Crippen LogP contribution is 2.14. The van der Waals surface area contributed by atoms with Crippen LogP contribution in [0.2, 0.25) is 0 Å². The van der Waals surface area contributed by atoms with E-state index >= 15 is 0 Å². The first kappa shape index (κ1) is 14.7. The fourth-order valence-electron chi connectivity index (χ4n) is 1.75. The van der Waals surface area contributed by atoms with Crippen LogP contribution in [-0.4, -0.2) is 15.7 Å². The van der Waals surface area contributed by atoms with Crippen molar-refractivity contribution in [3.63, 3.8) is 0 Å². The number of rotatable bonds is 5. The molecule has 1 aromatic heterocycles. The summed E-state index contributed by atoms with van der Waals surface area (Å²) in [7, 11) is 0. The van der Waals surface area contributed by atoms with Crippen LogP contribution in [0.25, 0.3) is 0 Å². The third-order valence-electron chi connectivity index (χ3n) is 3.00. The number of nitrogens with zero attached hydrogens (tertiary/aromatic N) is 2. The van der Waals surface area contributed by atoms with Crippen molar-refractivity contribution in [1.29, 1.82) is 0 Å². The molecular weight excluding hydrogens is 325 g/mol. The van der Waals surface area contributed by atoms with Crippen molar-refractivity contribution in [1.82, 2.24) is 15.1 Å². The molecule has 106 valence electrons. The smallest absolute Gasteiger partial charge is 0.222 e. The summed E-state index contributed by atoms with van der Waals surface area (Å²) in [5, 5.41) is 6.96. The molecule has 6 heteroatoms. The van der Waals surface area contributed by atoms with Gasteiger partial charge in [-0.05, 0) is 40.5 Å². The third-order valence-corrected chi connectivity index (χ3v) is 3.78. The molecule has 1 heterocycles. The number of hydrogen-bond donors (Lipinski definition) is 1. The van der Waals surface area contributed by atoms with Crippen LogP contribution in [0.3, 0.4) is 0 Å². The molecule has 1 N–H and O–H groups in total. The molecule has 0 bridgehead atoms. The van der Waals surface area contributed by atoms with Crippen LogP contribution in [0.5, 0.6) is 0 Å². The van der Waals surface area contributed by atoms with Gasteiger partial charge in [-0.15, -0.1) is 0 Å². The van der Waals surface area contributed by atoms with Crippen molar-refractivity contribution in [2.75, 3.05) is 0 Å². The van der Waals surface area contributed by atoms with E-state index in [1.807, 2.05) is 6.92 Å². The lowest BCUT2D eigenvalue weighted by Crippen LogP contribution is -2.24. The lowest BCUT2D eigenvalue weighted by atomic mass is 10.2. The summed E-state index contributed by atoms with van der Waals surface area (Å²) in [4.78, 5) is 11.7. The zero-order chi connectivity index (χ0) is 14.5. The fourth-order valence-corrected chi connectivity index (χ4v) is 2.04. The van der Waals surface area contributed by atoms with Crippen LogP contribution in [0, 0.1) is 12.7 Å². The number of carbonyl (C=O) groups excluding carboxylic acids is 1. The number of amides is 1. The Kier molecular flexibility index (Phi) is 4.89. The largest absolute Gasteiger partial charge is 0.352 e. The third kappa shape index (κ3) is 3.90. The van der Waals surface area contributed by atoms with Crippen molar-refractivity contribution in [3.05, 3.63) is 52.0 Å². The van der Waals surface area contributed by atoms with Gasteiger partial charge in [0.15, 0.2) is 0 Å². The maximum atomic E-state index is 12.7. The molecule has 0 aliphatic heterocycles. The van der Waals surface area contributed by atoms with E-state index < -0.39 is 0 Å². The van der Waals surface area contributed by atoms with Gasteiger partial charge >= 0.3 is 0 Å². The second kappa shape index (κ2) is 6.65. The normalized spacial score (nSPS) is 10.6. The van der Waals surface area contributed by atoms with Crippen LogP contribution >= 0.6 is 15.9 Å². The molecule has 0 saturated carbocycles. The predicted octanol–water partition coefficient (Wildman–Crippen LogP) is 2.80. The molecule has 0 aliphatic carbocycles. The molecular formula is C14H15BrFN3O. The van der Waals surface area contributed by atoms with Gasteiger partial charge in [0.1, 0.15) is 5.82 Å². The summed E-state index contributed by atoms with van der Waals surface area (Å²) >= 11 is 3.38. The summed E-state index contributed by atoms with van der Waals surface area (Å²) in [6, 6.07) is 6.08. The van der Waals surface area contributed by atoms with Crippen LogP contribution in [0.1, 0.15) is 17.7 Å². The zero-order valence-electron chi connectivity index (χ0n) is 11.1. The molecule has 20 heavy (non-hydrogen) atoms. The summed E-state index contributed by atoms with van der Waals surface area (Å²) in [6.45, 7) is 2.88. The molecule has 1 aromatic carbocycles. The molecule has 0 fully saturated rings. The van der Waals surface area contributed by atoms with E-state index in [-0.39, 0.29) is 11.7 Å². The van der Waals surface area contributed by atoms with Gasteiger partial charge in [-0.25, -0.2) is 4.39 Å². The number of halogens is 2. The molecule has 0 radical (unpaired) electrons. The Bertz CT molecular complexity index is 595. The van der Waals surface area contributed by atoms with Crippen molar-refractivity contribution < 1.29 is 9.18 Å². The summed E-state index contributed by atoms with van der Waals surface area (Å²) in [5.41, 5.74) is 1.87. The molecule has 1 amide bonds. The van der Waals surface area contributed by atoms with Gasteiger partial charge in [-0.1, -0.05) is 12.1 Å². The molecule has 0 atom stereocenters. The summed E-state index contributed by atoms with van der Waals surface area (Å²) < 4.78 is 15.4. The predicted molar refractivity (Wildman–Crippen MR) is 77.5 cm³/mol. The minimum absolute atomic E-state index is 0.0552. The Labute approximate surface area is 125 Å². The monoisotopic (exact) mass is 339 g/mol. The zero-order valence-corrected chi connectivity index (χ0v) is 12.7. The van der Waals surface area contributed by atoms with E-state index in [0.29, 0.717) is 19.5 Å². The summed E-state index contributed by atoms with van der Waals surface area (Å²) in [6.07, 6.45) is 2.07. The highest BCUT2D eigenvalue weighted by molar-refractivity contribution is 9.10. The van der Waals surface area contributed by atoms with E-state index in [1.165, 1.54) is 12.1 Å². The van der Waals surface area contributed by atoms with Crippen LogP contribution in [0.4, 0.5) is 4.39 Å². The Hall–Kier alpha value is -1.69. The van der Waals surface area contributed by atoms with Crippen molar-refractivity contribution in [2.24, 2.45) is 0 Å². The molecule has 4 nitrogen and oxygen atoms in total. The van der Waals surface area contributed by atoms with E-state index in [4.69, 9.17) is 0 Å². The fraction of sp³-hybridized carbons (Fsp3) is 0.286. The number of benzene rings is 1. The standard InChI is InChI=1S/C14H15BrFN3O/c1-10-13(15)9-18-19(10)7-6-14(20)17-8-11-2-4-12(16)5-3-11/h2-5,9H,6-8H2,1H3,(H,17,20). The first-order valence-electron chi connectivity index (χ1n) is 6.25. The molecule has 0 aliphatic rings. The Morgan fingerprint density at radius 2 is 2.10 bits per heavy atom. The number of nitrogens with one attached hydrogen (secondary N) is 1. The van der Waals surface area contributed by atoms with Gasteiger partial charge in [0, 0.05) is 25.2 Å². The lowest BCUT2D eigenvalue weighted by Gasteiger charge is -2.07. The Morgan fingerprint density at radius 3 is 2.70 bits per heavy atom. The van der Waals surface area contributed by atoms with E-state index in [9.17, 15) is 9.18 Å². The quantitative estimate of drug-likeness (QED) is 0.910. The minimum atomic E-state index is -0.278. The van der Waals surface area contributed by atoms with Crippen molar-refractivity contribution in [3.8, 4) is 0 Å². The van der Waals surface area contributed by atoms with E-state index in [2.05, 4.69) is 26.3 Å². The topological polar surface area (TPSA) is 46.9 Å². The van der Waals surface area contributed by atoms with Gasteiger partial charge in [0.05, 0.1) is 10.7 Å². The number of carbonyl (C=O) groups is 1. The molecule has 0 saturated heterocycles. The number of aryl methyl sites for hydroxylation is 1. The van der Waals surface area contributed by atoms with Gasteiger partial charge < -0.3 is 5.32 Å². The highest BCUT2D eigenvalue weighted by atomic mass is 79.9. The van der Waals surface area contributed by atoms with Crippen molar-refractivity contribution >= 4 is 21.8 Å². The van der Waals surface area contributed by atoms with Crippen LogP contribution in [-0.2, 0) is 17.9 Å². The molecule has 0 spiro atoms. The number of hydrogen-bond acceptors (Lipinski definition) is 2. The first-order chi connectivity index (χ1) is 9.56. The molecule has 2 rings (SSSR count). The van der Waals surface area contributed by atoms with Crippen molar-refractivity contribution in [2.45, 2.75) is 26.4 Å².